The zero-order chi connectivity index (χ0) is 13.7. The molecule has 1 N–H and O–H groups in total. The van der Waals surface area contributed by atoms with Crippen molar-refractivity contribution in [3.05, 3.63) is 35.4 Å². The summed E-state index contributed by atoms with van der Waals surface area (Å²) in [5, 5.41) is 8.62. The molecule has 0 amide bonds. The number of carbonyl (C=O) groups is 1. The lowest BCUT2D eigenvalue weighted by Crippen LogP contribution is -2.27. The molecule has 0 saturated carbocycles. The standard InChI is InChI=1S/C15H21NO2/c1-5-12(3)16(4)14-8-6-13(11(2)10-14)7-9-15(17)18/h6-10,12H,5H2,1-4H3,(H,17,18). The van der Waals surface area contributed by atoms with E-state index in [4.69, 9.17) is 5.11 Å². The van der Waals surface area contributed by atoms with Crippen molar-refractivity contribution < 1.29 is 9.90 Å². The van der Waals surface area contributed by atoms with E-state index in [1.165, 1.54) is 6.08 Å². The molecule has 0 fully saturated rings. The molecule has 3 heteroatoms. The molecule has 1 rings (SSSR count). The zero-order valence-corrected chi connectivity index (χ0v) is 11.5. The molecule has 0 saturated heterocycles. The van der Waals surface area contributed by atoms with Gasteiger partial charge in [-0.25, -0.2) is 4.79 Å². The van der Waals surface area contributed by atoms with Gasteiger partial charge in [0.05, 0.1) is 0 Å². The van der Waals surface area contributed by atoms with Crippen LogP contribution in [-0.4, -0.2) is 24.2 Å². The van der Waals surface area contributed by atoms with E-state index < -0.39 is 5.97 Å². The van der Waals surface area contributed by atoms with Crippen LogP contribution in [0.15, 0.2) is 24.3 Å². The molecule has 1 unspecified atom stereocenters. The molecule has 0 aliphatic carbocycles. The topological polar surface area (TPSA) is 40.5 Å². The summed E-state index contributed by atoms with van der Waals surface area (Å²) in [6.07, 6.45) is 3.89. The lowest BCUT2D eigenvalue weighted by molar-refractivity contribution is -0.131. The van der Waals surface area contributed by atoms with Gasteiger partial charge in [0, 0.05) is 24.9 Å². The van der Waals surface area contributed by atoms with Gasteiger partial charge in [0.1, 0.15) is 0 Å². The molecule has 0 radical (unpaired) electrons. The number of benzene rings is 1. The van der Waals surface area contributed by atoms with Crippen molar-refractivity contribution in [2.45, 2.75) is 33.2 Å². The second-order valence-corrected chi connectivity index (χ2v) is 4.58. The van der Waals surface area contributed by atoms with Gasteiger partial charge in [-0.3, -0.25) is 0 Å². The lowest BCUT2D eigenvalue weighted by Gasteiger charge is -2.26. The molecule has 1 aromatic carbocycles. The van der Waals surface area contributed by atoms with Crippen LogP contribution in [0.1, 0.15) is 31.4 Å². The van der Waals surface area contributed by atoms with E-state index in [9.17, 15) is 4.79 Å². The number of aliphatic carboxylic acids is 1. The summed E-state index contributed by atoms with van der Waals surface area (Å²) in [6, 6.07) is 6.57. The smallest absolute Gasteiger partial charge is 0.328 e. The predicted octanol–water partition coefficient (Wildman–Crippen LogP) is 3.33. The predicted molar refractivity (Wildman–Crippen MR) is 76.0 cm³/mol. The minimum absolute atomic E-state index is 0.491. The Hall–Kier alpha value is -1.77. The second kappa shape index (κ2) is 6.24. The van der Waals surface area contributed by atoms with Gasteiger partial charge in [0.2, 0.25) is 0 Å². The van der Waals surface area contributed by atoms with Gasteiger partial charge in [-0.1, -0.05) is 13.0 Å². The largest absolute Gasteiger partial charge is 0.478 e. The number of hydrogen-bond donors (Lipinski definition) is 1. The molecular formula is C15H21NO2. The number of hydrogen-bond acceptors (Lipinski definition) is 2. The van der Waals surface area contributed by atoms with Gasteiger partial charge in [0.15, 0.2) is 0 Å². The molecule has 0 heterocycles. The van der Waals surface area contributed by atoms with E-state index in [2.05, 4.69) is 31.9 Å². The van der Waals surface area contributed by atoms with Crippen LogP contribution in [0, 0.1) is 6.92 Å². The Balaban J connectivity index is 2.95. The van der Waals surface area contributed by atoms with E-state index >= 15 is 0 Å². The summed E-state index contributed by atoms with van der Waals surface area (Å²) in [5.74, 6) is -0.921. The first kappa shape index (κ1) is 14.3. The van der Waals surface area contributed by atoms with Crippen LogP contribution in [0.25, 0.3) is 6.08 Å². The maximum Gasteiger partial charge on any atom is 0.328 e. The Morgan fingerprint density at radius 1 is 1.50 bits per heavy atom. The third-order valence-electron chi connectivity index (χ3n) is 3.32. The molecule has 0 aliphatic heterocycles. The van der Waals surface area contributed by atoms with Crippen molar-refractivity contribution in [2.24, 2.45) is 0 Å². The normalized spacial score (nSPS) is 12.7. The van der Waals surface area contributed by atoms with E-state index in [0.29, 0.717) is 6.04 Å². The first-order valence-corrected chi connectivity index (χ1v) is 6.20. The van der Waals surface area contributed by atoms with Crippen LogP contribution in [0.3, 0.4) is 0 Å². The highest BCUT2D eigenvalue weighted by molar-refractivity contribution is 5.85. The fourth-order valence-corrected chi connectivity index (χ4v) is 1.76. The average molecular weight is 247 g/mol. The zero-order valence-electron chi connectivity index (χ0n) is 11.5. The highest BCUT2D eigenvalue weighted by atomic mass is 16.4. The molecular weight excluding hydrogens is 226 g/mol. The Kier molecular flexibility index (Phi) is 4.95. The van der Waals surface area contributed by atoms with Gasteiger partial charge < -0.3 is 10.0 Å². The van der Waals surface area contributed by atoms with Crippen molar-refractivity contribution in [1.29, 1.82) is 0 Å². The Morgan fingerprint density at radius 2 is 2.17 bits per heavy atom. The van der Waals surface area contributed by atoms with Gasteiger partial charge in [0.25, 0.3) is 0 Å². The summed E-state index contributed by atoms with van der Waals surface area (Å²) < 4.78 is 0. The fraction of sp³-hybridized carbons (Fsp3) is 0.400. The second-order valence-electron chi connectivity index (χ2n) is 4.58. The van der Waals surface area contributed by atoms with Crippen molar-refractivity contribution in [2.75, 3.05) is 11.9 Å². The van der Waals surface area contributed by atoms with Crippen molar-refractivity contribution >= 4 is 17.7 Å². The average Bonchev–Trinajstić information content (AvgIpc) is 2.35. The number of rotatable bonds is 5. The lowest BCUT2D eigenvalue weighted by atomic mass is 10.1. The van der Waals surface area contributed by atoms with Gasteiger partial charge >= 0.3 is 5.97 Å². The molecule has 0 spiro atoms. The van der Waals surface area contributed by atoms with Gasteiger partial charge in [-0.15, -0.1) is 0 Å². The third-order valence-corrected chi connectivity index (χ3v) is 3.32. The van der Waals surface area contributed by atoms with Crippen LogP contribution in [-0.2, 0) is 4.79 Å². The summed E-state index contributed by atoms with van der Waals surface area (Å²) >= 11 is 0. The summed E-state index contributed by atoms with van der Waals surface area (Å²) in [5.41, 5.74) is 3.19. The van der Waals surface area contributed by atoms with Crippen molar-refractivity contribution in [3.8, 4) is 0 Å². The molecule has 0 aliphatic rings. The van der Waals surface area contributed by atoms with Crippen LogP contribution >= 0.6 is 0 Å². The highest BCUT2D eigenvalue weighted by Crippen LogP contribution is 2.21. The quantitative estimate of drug-likeness (QED) is 0.811. The molecule has 0 bridgehead atoms. The summed E-state index contributed by atoms with van der Waals surface area (Å²) in [7, 11) is 2.08. The van der Waals surface area contributed by atoms with Crippen LogP contribution in [0.4, 0.5) is 5.69 Å². The molecule has 18 heavy (non-hydrogen) atoms. The van der Waals surface area contributed by atoms with E-state index in [-0.39, 0.29) is 0 Å². The van der Waals surface area contributed by atoms with Crippen molar-refractivity contribution in [3.63, 3.8) is 0 Å². The van der Waals surface area contributed by atoms with Gasteiger partial charge in [-0.05, 0) is 49.6 Å². The van der Waals surface area contributed by atoms with E-state index in [1.54, 1.807) is 6.08 Å². The summed E-state index contributed by atoms with van der Waals surface area (Å²) in [6.45, 7) is 6.35. The van der Waals surface area contributed by atoms with Gasteiger partial charge in [-0.2, -0.15) is 0 Å². The van der Waals surface area contributed by atoms with Crippen molar-refractivity contribution in [1.82, 2.24) is 0 Å². The Morgan fingerprint density at radius 3 is 2.67 bits per heavy atom. The number of aryl methyl sites for hydroxylation is 1. The molecule has 0 aromatic heterocycles. The maximum atomic E-state index is 10.5. The fourth-order valence-electron chi connectivity index (χ4n) is 1.76. The van der Waals surface area contributed by atoms with E-state index in [1.807, 2.05) is 19.1 Å². The highest BCUT2D eigenvalue weighted by Gasteiger charge is 2.08. The molecule has 3 nitrogen and oxygen atoms in total. The number of carboxylic acids is 1. The number of nitrogens with zero attached hydrogens (tertiary/aromatic N) is 1. The minimum Gasteiger partial charge on any atom is -0.478 e. The third kappa shape index (κ3) is 3.62. The van der Waals surface area contributed by atoms with Crippen LogP contribution in [0.2, 0.25) is 0 Å². The monoisotopic (exact) mass is 247 g/mol. The first-order chi connectivity index (χ1) is 8.45. The number of carboxylic acid groups (broad SMARTS) is 1. The summed E-state index contributed by atoms with van der Waals surface area (Å²) in [4.78, 5) is 12.7. The van der Waals surface area contributed by atoms with E-state index in [0.717, 1.165) is 23.2 Å². The van der Waals surface area contributed by atoms with Crippen LogP contribution < -0.4 is 4.90 Å². The Bertz CT molecular complexity index is 452. The SMILES string of the molecule is CCC(C)N(C)c1ccc(C=CC(=O)O)c(C)c1. The molecule has 98 valence electrons. The van der Waals surface area contributed by atoms with Crippen LogP contribution in [0.5, 0.6) is 0 Å². The first-order valence-electron chi connectivity index (χ1n) is 6.20. The molecule has 1 aromatic rings. The maximum absolute atomic E-state index is 10.5. The molecule has 1 atom stereocenters. The number of anilines is 1. The Labute approximate surface area is 109 Å². The minimum atomic E-state index is -0.921.